The first kappa shape index (κ1) is 16.8. The third-order valence-corrected chi connectivity index (χ3v) is 4.16. The van der Waals surface area contributed by atoms with Crippen molar-refractivity contribution in [3.63, 3.8) is 0 Å². The van der Waals surface area contributed by atoms with Crippen LogP contribution in [-0.2, 0) is 17.9 Å². The highest BCUT2D eigenvalue weighted by molar-refractivity contribution is 5.88. The molecule has 0 bridgehead atoms. The second kappa shape index (κ2) is 7.59. The Bertz CT molecular complexity index is 527. The molecular formula is C19H28N2O. The fourth-order valence-corrected chi connectivity index (χ4v) is 2.62. The normalized spacial score (nSPS) is 15.2. The summed E-state index contributed by atoms with van der Waals surface area (Å²) in [6.45, 7) is 6.50. The molecule has 0 atom stereocenters. The molecule has 1 aromatic rings. The average molecular weight is 300 g/mol. The second-order valence-corrected chi connectivity index (χ2v) is 6.57. The molecule has 0 saturated heterocycles. The predicted molar refractivity (Wildman–Crippen MR) is 91.4 cm³/mol. The summed E-state index contributed by atoms with van der Waals surface area (Å²) < 4.78 is 0. The van der Waals surface area contributed by atoms with Gasteiger partial charge in [0.1, 0.15) is 0 Å². The van der Waals surface area contributed by atoms with Crippen LogP contribution >= 0.6 is 0 Å². The number of hydrogen-bond donors (Lipinski definition) is 0. The molecule has 1 aliphatic carbocycles. The molecule has 0 heterocycles. The lowest BCUT2D eigenvalue weighted by atomic mass is 10.1. The quantitative estimate of drug-likeness (QED) is 0.720. The summed E-state index contributed by atoms with van der Waals surface area (Å²) in [4.78, 5) is 16.4. The number of carbonyl (C=O) groups is 1. The van der Waals surface area contributed by atoms with Crippen molar-refractivity contribution in [2.24, 2.45) is 5.92 Å². The number of carbonyl (C=O) groups excluding carboxylic acids is 1. The smallest absolute Gasteiger partial charge is 0.246 e. The summed E-state index contributed by atoms with van der Waals surface area (Å²) in [7, 11) is 4.14. The zero-order valence-corrected chi connectivity index (χ0v) is 14.3. The Balaban J connectivity index is 1.97. The third-order valence-electron chi connectivity index (χ3n) is 4.16. The van der Waals surface area contributed by atoms with E-state index in [0.717, 1.165) is 13.1 Å². The Labute approximate surface area is 134 Å². The van der Waals surface area contributed by atoms with Crippen LogP contribution in [-0.4, -0.2) is 36.3 Å². The fourth-order valence-electron chi connectivity index (χ4n) is 2.62. The van der Waals surface area contributed by atoms with Gasteiger partial charge in [-0.2, -0.15) is 0 Å². The topological polar surface area (TPSA) is 23.6 Å². The maximum atomic E-state index is 12.4. The Kier molecular flexibility index (Phi) is 5.78. The minimum atomic E-state index is 0.143. The van der Waals surface area contributed by atoms with E-state index in [1.165, 1.54) is 29.5 Å². The fraction of sp³-hybridized carbons (Fsp3) is 0.526. The van der Waals surface area contributed by atoms with Crippen LogP contribution in [0.2, 0.25) is 0 Å². The molecule has 1 aromatic carbocycles. The second-order valence-electron chi connectivity index (χ2n) is 6.57. The standard InChI is InChI=1S/C19H28N2O/c1-5-21(19(22)12-15(2)18-10-11-18)14-17-8-6-16(7-9-17)13-20(3)4/h6-9,12,18H,5,10-11,13-14H2,1-4H3/b15-12+. The van der Waals surface area contributed by atoms with Gasteiger partial charge in [0.05, 0.1) is 0 Å². The average Bonchev–Trinajstić information content (AvgIpc) is 3.30. The highest BCUT2D eigenvalue weighted by atomic mass is 16.2. The van der Waals surface area contributed by atoms with Crippen LogP contribution in [0, 0.1) is 5.92 Å². The Hall–Kier alpha value is -1.61. The molecule has 3 heteroatoms. The maximum absolute atomic E-state index is 12.4. The molecule has 22 heavy (non-hydrogen) atoms. The van der Waals surface area contributed by atoms with E-state index in [1.807, 2.05) is 17.9 Å². The molecule has 0 N–H and O–H groups in total. The minimum Gasteiger partial charge on any atom is -0.335 e. The Morgan fingerprint density at radius 3 is 2.14 bits per heavy atom. The van der Waals surface area contributed by atoms with Gasteiger partial charge >= 0.3 is 0 Å². The summed E-state index contributed by atoms with van der Waals surface area (Å²) in [5, 5.41) is 0. The highest BCUT2D eigenvalue weighted by Crippen LogP contribution is 2.36. The molecular weight excluding hydrogens is 272 g/mol. The van der Waals surface area contributed by atoms with Crippen molar-refractivity contribution in [2.45, 2.75) is 39.8 Å². The van der Waals surface area contributed by atoms with Crippen LogP contribution in [0.1, 0.15) is 37.8 Å². The van der Waals surface area contributed by atoms with Gasteiger partial charge in [-0.25, -0.2) is 0 Å². The van der Waals surface area contributed by atoms with Crippen molar-refractivity contribution in [1.29, 1.82) is 0 Å². The monoisotopic (exact) mass is 300 g/mol. The predicted octanol–water partition coefficient (Wildman–Crippen LogP) is 3.45. The van der Waals surface area contributed by atoms with E-state index in [2.05, 4.69) is 50.2 Å². The molecule has 1 saturated carbocycles. The first-order chi connectivity index (χ1) is 10.5. The molecule has 2 rings (SSSR count). The van der Waals surface area contributed by atoms with E-state index in [1.54, 1.807) is 0 Å². The molecule has 0 radical (unpaired) electrons. The molecule has 0 aromatic heterocycles. The zero-order chi connectivity index (χ0) is 16.1. The van der Waals surface area contributed by atoms with E-state index in [-0.39, 0.29) is 5.91 Å². The molecule has 1 amide bonds. The Morgan fingerprint density at radius 2 is 1.68 bits per heavy atom. The third kappa shape index (κ3) is 4.99. The van der Waals surface area contributed by atoms with Crippen LogP contribution in [0.15, 0.2) is 35.9 Å². The van der Waals surface area contributed by atoms with E-state index in [4.69, 9.17) is 0 Å². The van der Waals surface area contributed by atoms with Crippen molar-refractivity contribution < 1.29 is 4.79 Å². The molecule has 1 aliphatic rings. The molecule has 3 nitrogen and oxygen atoms in total. The van der Waals surface area contributed by atoms with Crippen LogP contribution in [0.4, 0.5) is 0 Å². The molecule has 0 aliphatic heterocycles. The van der Waals surface area contributed by atoms with Crippen molar-refractivity contribution >= 4 is 5.91 Å². The largest absolute Gasteiger partial charge is 0.335 e. The first-order valence-electron chi connectivity index (χ1n) is 8.19. The van der Waals surface area contributed by atoms with Gasteiger partial charge < -0.3 is 9.80 Å². The Morgan fingerprint density at radius 1 is 1.14 bits per heavy atom. The molecule has 0 unspecified atom stereocenters. The maximum Gasteiger partial charge on any atom is 0.246 e. The van der Waals surface area contributed by atoms with Gasteiger partial charge in [0.25, 0.3) is 0 Å². The van der Waals surface area contributed by atoms with Crippen molar-refractivity contribution in [3.8, 4) is 0 Å². The first-order valence-corrected chi connectivity index (χ1v) is 8.19. The lowest BCUT2D eigenvalue weighted by Gasteiger charge is -2.20. The van der Waals surface area contributed by atoms with Gasteiger partial charge in [-0.05, 0) is 57.8 Å². The SMILES string of the molecule is CCN(Cc1ccc(CN(C)C)cc1)C(=O)/C=C(\C)C1CC1. The summed E-state index contributed by atoms with van der Waals surface area (Å²) in [6, 6.07) is 8.57. The number of hydrogen-bond acceptors (Lipinski definition) is 2. The van der Waals surface area contributed by atoms with Gasteiger partial charge in [-0.15, -0.1) is 0 Å². The molecule has 0 spiro atoms. The van der Waals surface area contributed by atoms with Gasteiger partial charge in [0.15, 0.2) is 0 Å². The van der Waals surface area contributed by atoms with Crippen molar-refractivity contribution in [2.75, 3.05) is 20.6 Å². The van der Waals surface area contributed by atoms with Crippen molar-refractivity contribution in [3.05, 3.63) is 47.0 Å². The zero-order valence-electron chi connectivity index (χ0n) is 14.3. The van der Waals surface area contributed by atoms with Crippen molar-refractivity contribution in [1.82, 2.24) is 9.80 Å². The van der Waals surface area contributed by atoms with E-state index >= 15 is 0 Å². The number of benzene rings is 1. The number of nitrogens with zero attached hydrogens (tertiary/aromatic N) is 2. The van der Waals surface area contributed by atoms with Gasteiger partial charge in [0, 0.05) is 25.7 Å². The summed E-state index contributed by atoms with van der Waals surface area (Å²) >= 11 is 0. The number of allylic oxidation sites excluding steroid dienone is 1. The van der Waals surface area contributed by atoms with Gasteiger partial charge in [0.2, 0.25) is 5.91 Å². The molecule has 1 fully saturated rings. The van der Waals surface area contributed by atoms with Gasteiger partial charge in [-0.3, -0.25) is 4.79 Å². The van der Waals surface area contributed by atoms with Crippen LogP contribution in [0.25, 0.3) is 0 Å². The summed E-state index contributed by atoms with van der Waals surface area (Å²) in [5.41, 5.74) is 3.73. The number of rotatable bonds is 7. The van der Waals surface area contributed by atoms with Gasteiger partial charge in [-0.1, -0.05) is 29.8 Å². The van der Waals surface area contributed by atoms with Crippen LogP contribution < -0.4 is 0 Å². The van der Waals surface area contributed by atoms with Crippen LogP contribution in [0.5, 0.6) is 0 Å². The summed E-state index contributed by atoms with van der Waals surface area (Å²) in [6.07, 6.45) is 4.33. The lowest BCUT2D eigenvalue weighted by molar-refractivity contribution is -0.126. The van der Waals surface area contributed by atoms with E-state index < -0.39 is 0 Å². The lowest BCUT2D eigenvalue weighted by Crippen LogP contribution is -2.29. The van der Waals surface area contributed by atoms with E-state index in [9.17, 15) is 4.79 Å². The number of likely N-dealkylation sites (N-methyl/N-ethyl adjacent to an activating group) is 1. The highest BCUT2D eigenvalue weighted by Gasteiger charge is 2.24. The minimum absolute atomic E-state index is 0.143. The molecule has 120 valence electrons. The van der Waals surface area contributed by atoms with E-state index in [0.29, 0.717) is 12.5 Å². The van der Waals surface area contributed by atoms with Crippen LogP contribution in [0.3, 0.4) is 0 Å². The number of amides is 1. The summed E-state index contributed by atoms with van der Waals surface area (Å²) in [5.74, 6) is 0.803.